The molecule has 72 valence electrons. The van der Waals surface area contributed by atoms with Gasteiger partial charge in [0, 0.05) is 12.4 Å². The fraction of sp³-hybridized carbons (Fsp3) is 0.125. The quantitative estimate of drug-likeness (QED) is 0.805. The Morgan fingerprint density at radius 2 is 2.36 bits per heavy atom. The summed E-state index contributed by atoms with van der Waals surface area (Å²) in [5.41, 5.74) is 0.465. The highest BCUT2D eigenvalue weighted by Gasteiger charge is 2.06. The van der Waals surface area contributed by atoms with Crippen LogP contribution in [0.1, 0.15) is 5.69 Å². The van der Waals surface area contributed by atoms with Crippen LogP contribution in [0.4, 0.5) is 0 Å². The predicted molar refractivity (Wildman–Crippen MR) is 49.3 cm³/mol. The summed E-state index contributed by atoms with van der Waals surface area (Å²) in [5.74, 6) is -0.467. The second-order valence-electron chi connectivity index (χ2n) is 2.78. The third kappa shape index (κ3) is 1.67. The molecule has 0 aliphatic rings. The normalized spacial score (nSPS) is 10.6. The Morgan fingerprint density at radius 1 is 1.57 bits per heavy atom. The molecule has 2 aromatic rings. The fourth-order valence-corrected chi connectivity index (χ4v) is 1.30. The van der Waals surface area contributed by atoms with Crippen LogP contribution >= 0.6 is 11.6 Å². The van der Waals surface area contributed by atoms with Crippen LogP contribution in [-0.4, -0.2) is 25.4 Å². The zero-order valence-electron chi connectivity index (χ0n) is 7.01. The summed E-state index contributed by atoms with van der Waals surface area (Å²) in [7, 11) is 0. The molecule has 1 N–H and O–H groups in total. The molecule has 0 radical (unpaired) electrons. The van der Waals surface area contributed by atoms with E-state index in [9.17, 15) is 4.79 Å². The maximum absolute atomic E-state index is 10.4. The summed E-state index contributed by atoms with van der Waals surface area (Å²) in [5, 5.41) is 9.03. The van der Waals surface area contributed by atoms with Crippen LogP contribution in [0.5, 0.6) is 0 Å². The van der Waals surface area contributed by atoms with Gasteiger partial charge in [-0.1, -0.05) is 11.6 Å². The van der Waals surface area contributed by atoms with E-state index in [2.05, 4.69) is 9.97 Å². The first-order chi connectivity index (χ1) is 6.65. The van der Waals surface area contributed by atoms with Crippen molar-refractivity contribution in [3.8, 4) is 0 Å². The number of carboxylic acid groups (broad SMARTS) is 1. The van der Waals surface area contributed by atoms with Crippen LogP contribution in [0.2, 0.25) is 5.02 Å². The molecular formula is C8H6ClN3O2. The molecule has 0 saturated heterocycles. The molecule has 0 saturated carbocycles. The topological polar surface area (TPSA) is 67.5 Å². The minimum atomic E-state index is -0.917. The molecule has 5 nitrogen and oxygen atoms in total. The molecule has 2 aromatic heterocycles. The van der Waals surface area contributed by atoms with Crippen LogP contribution < -0.4 is 0 Å². The zero-order valence-corrected chi connectivity index (χ0v) is 7.77. The number of halogens is 1. The van der Waals surface area contributed by atoms with Gasteiger partial charge in [-0.25, -0.2) is 9.97 Å². The lowest BCUT2D eigenvalue weighted by Crippen LogP contribution is -1.99. The first kappa shape index (κ1) is 8.96. The summed E-state index contributed by atoms with van der Waals surface area (Å²) in [4.78, 5) is 18.4. The van der Waals surface area contributed by atoms with Gasteiger partial charge in [0.05, 0.1) is 23.3 Å². The van der Waals surface area contributed by atoms with Gasteiger partial charge in [0.1, 0.15) is 0 Å². The highest BCUT2D eigenvalue weighted by atomic mass is 35.5. The third-order valence-corrected chi connectivity index (χ3v) is 1.86. The van der Waals surface area contributed by atoms with E-state index >= 15 is 0 Å². The van der Waals surface area contributed by atoms with Gasteiger partial charge in [-0.15, -0.1) is 0 Å². The number of aliphatic carboxylic acids is 1. The lowest BCUT2D eigenvalue weighted by Gasteiger charge is -1.90. The molecule has 0 amide bonds. The van der Waals surface area contributed by atoms with Crippen molar-refractivity contribution >= 4 is 23.3 Å². The van der Waals surface area contributed by atoms with Crippen molar-refractivity contribution in [1.82, 2.24) is 14.4 Å². The number of nitrogens with zero attached hydrogens (tertiary/aromatic N) is 3. The van der Waals surface area contributed by atoms with Gasteiger partial charge in [0.2, 0.25) is 5.78 Å². The standard InChI is InChI=1S/C8H6ClN3O2/c9-5-2-10-8-11-6(1-7(13)14)4-12(8)3-5/h2-4H,1H2,(H,13,14). The lowest BCUT2D eigenvalue weighted by atomic mass is 10.3. The summed E-state index contributed by atoms with van der Waals surface area (Å²) in [6, 6.07) is 0. The maximum Gasteiger partial charge on any atom is 0.309 e. The Hall–Kier alpha value is -1.62. The van der Waals surface area contributed by atoms with E-state index in [0.29, 0.717) is 16.5 Å². The molecule has 0 spiro atoms. The van der Waals surface area contributed by atoms with Gasteiger partial charge in [-0.2, -0.15) is 0 Å². The number of aromatic nitrogens is 3. The van der Waals surface area contributed by atoms with E-state index in [1.165, 1.54) is 6.20 Å². The monoisotopic (exact) mass is 211 g/mol. The predicted octanol–water partition coefficient (Wildman–Crippen LogP) is 1.01. The number of rotatable bonds is 2. The van der Waals surface area contributed by atoms with Gasteiger partial charge < -0.3 is 5.11 Å². The Balaban J connectivity index is 2.46. The molecule has 0 aliphatic heterocycles. The second-order valence-corrected chi connectivity index (χ2v) is 3.22. The van der Waals surface area contributed by atoms with Gasteiger partial charge in [-0.3, -0.25) is 9.20 Å². The minimum Gasteiger partial charge on any atom is -0.481 e. The van der Waals surface area contributed by atoms with E-state index in [1.807, 2.05) is 0 Å². The Bertz CT molecular complexity index is 494. The number of imidazole rings is 1. The largest absolute Gasteiger partial charge is 0.481 e. The van der Waals surface area contributed by atoms with E-state index in [4.69, 9.17) is 16.7 Å². The number of hydrogen-bond donors (Lipinski definition) is 1. The summed E-state index contributed by atoms with van der Waals surface area (Å²) in [6.07, 6.45) is 4.58. The van der Waals surface area contributed by atoms with E-state index in [-0.39, 0.29) is 6.42 Å². The van der Waals surface area contributed by atoms with Crippen molar-refractivity contribution in [2.24, 2.45) is 0 Å². The molecule has 6 heteroatoms. The van der Waals surface area contributed by atoms with Crippen LogP contribution in [0.25, 0.3) is 5.78 Å². The van der Waals surface area contributed by atoms with Crippen LogP contribution in [-0.2, 0) is 11.2 Å². The van der Waals surface area contributed by atoms with Crippen molar-refractivity contribution < 1.29 is 9.90 Å². The zero-order chi connectivity index (χ0) is 10.1. The summed E-state index contributed by atoms with van der Waals surface area (Å²) in [6.45, 7) is 0. The Kier molecular flexibility index (Phi) is 2.09. The van der Waals surface area contributed by atoms with Crippen molar-refractivity contribution in [2.75, 3.05) is 0 Å². The SMILES string of the molecule is O=C(O)Cc1cn2cc(Cl)cnc2n1. The smallest absolute Gasteiger partial charge is 0.309 e. The molecule has 0 bridgehead atoms. The average Bonchev–Trinajstić information content (AvgIpc) is 2.44. The fourth-order valence-electron chi connectivity index (χ4n) is 1.15. The molecule has 0 atom stereocenters. The maximum atomic E-state index is 10.4. The van der Waals surface area contributed by atoms with Crippen molar-refractivity contribution in [3.63, 3.8) is 0 Å². The average molecular weight is 212 g/mol. The molecular weight excluding hydrogens is 206 g/mol. The van der Waals surface area contributed by atoms with E-state index < -0.39 is 5.97 Å². The van der Waals surface area contributed by atoms with E-state index in [1.54, 1.807) is 16.8 Å². The number of carbonyl (C=O) groups is 1. The van der Waals surface area contributed by atoms with Crippen LogP contribution in [0.15, 0.2) is 18.6 Å². The van der Waals surface area contributed by atoms with Crippen molar-refractivity contribution in [1.29, 1.82) is 0 Å². The third-order valence-electron chi connectivity index (χ3n) is 1.66. The molecule has 2 rings (SSSR count). The highest BCUT2D eigenvalue weighted by Crippen LogP contribution is 2.09. The second kappa shape index (κ2) is 3.26. The molecule has 0 aliphatic carbocycles. The van der Waals surface area contributed by atoms with Crippen LogP contribution in [0, 0.1) is 0 Å². The first-order valence-corrected chi connectivity index (χ1v) is 4.24. The van der Waals surface area contributed by atoms with Crippen LogP contribution in [0.3, 0.4) is 0 Å². The molecule has 0 aromatic carbocycles. The van der Waals surface area contributed by atoms with Crippen molar-refractivity contribution in [2.45, 2.75) is 6.42 Å². The lowest BCUT2D eigenvalue weighted by molar-refractivity contribution is -0.136. The van der Waals surface area contributed by atoms with Gasteiger partial charge in [-0.05, 0) is 0 Å². The Labute approximate surface area is 84.0 Å². The first-order valence-electron chi connectivity index (χ1n) is 3.86. The van der Waals surface area contributed by atoms with Gasteiger partial charge >= 0.3 is 5.97 Å². The summed E-state index contributed by atoms with van der Waals surface area (Å²) >= 11 is 5.71. The van der Waals surface area contributed by atoms with Gasteiger partial charge in [0.25, 0.3) is 0 Å². The minimum absolute atomic E-state index is 0.110. The molecule has 0 fully saturated rings. The molecule has 0 unspecified atom stereocenters. The summed E-state index contributed by atoms with van der Waals surface area (Å²) < 4.78 is 1.60. The molecule has 14 heavy (non-hydrogen) atoms. The van der Waals surface area contributed by atoms with Crippen molar-refractivity contribution in [3.05, 3.63) is 29.3 Å². The number of hydrogen-bond acceptors (Lipinski definition) is 3. The van der Waals surface area contributed by atoms with E-state index in [0.717, 1.165) is 0 Å². The molecule has 2 heterocycles. The highest BCUT2D eigenvalue weighted by molar-refractivity contribution is 6.30. The number of carboxylic acids is 1. The number of fused-ring (bicyclic) bond motifs is 1. The Morgan fingerprint density at radius 3 is 3.07 bits per heavy atom. The van der Waals surface area contributed by atoms with Gasteiger partial charge in [0.15, 0.2) is 0 Å².